The fourth-order valence-electron chi connectivity index (χ4n) is 5.35. The summed E-state index contributed by atoms with van der Waals surface area (Å²) < 4.78 is 33.8. The number of hydrogen-bond acceptors (Lipinski definition) is 8. The molecule has 10 heteroatoms. The summed E-state index contributed by atoms with van der Waals surface area (Å²) in [5.41, 5.74) is 0. The Morgan fingerprint density at radius 3 is 1.64 bits per heavy atom. The molecule has 0 aliphatic rings. The number of likely N-dealkylation sites (N-methyl/N-ethyl adjacent to an activating group) is 1. The first-order chi connectivity index (χ1) is 25.5. The van der Waals surface area contributed by atoms with Crippen LogP contribution in [0, 0.1) is 0 Å². The highest BCUT2D eigenvalue weighted by molar-refractivity contribution is 7.45. The number of unbranched alkanes of at least 4 members (excludes halogenated alkanes) is 17. The number of esters is 2. The lowest BCUT2D eigenvalue weighted by atomic mass is 10.1. The molecular formula is C43H78NO8P. The van der Waals surface area contributed by atoms with Crippen molar-refractivity contribution >= 4 is 19.8 Å². The number of ether oxygens (including phenoxy) is 2. The zero-order valence-corrected chi connectivity index (χ0v) is 35.3. The van der Waals surface area contributed by atoms with E-state index in [1.165, 1.54) is 51.4 Å². The minimum absolute atomic E-state index is 0.0380. The number of phosphoric acid groups is 1. The maximum atomic E-state index is 12.6. The Kier molecular flexibility index (Phi) is 34.3. The van der Waals surface area contributed by atoms with Crippen molar-refractivity contribution in [3.05, 3.63) is 48.6 Å². The fraction of sp³-hybridized carbons (Fsp3) is 0.767. The van der Waals surface area contributed by atoms with Gasteiger partial charge < -0.3 is 27.9 Å². The van der Waals surface area contributed by atoms with Crippen LogP contribution >= 0.6 is 7.82 Å². The number of carbonyl (C=O) groups is 2. The minimum atomic E-state index is -4.63. The van der Waals surface area contributed by atoms with Gasteiger partial charge in [0.25, 0.3) is 7.82 Å². The van der Waals surface area contributed by atoms with Crippen molar-refractivity contribution in [3.8, 4) is 0 Å². The summed E-state index contributed by atoms with van der Waals surface area (Å²) in [5, 5.41) is 0. The van der Waals surface area contributed by atoms with Gasteiger partial charge in [-0.15, -0.1) is 0 Å². The van der Waals surface area contributed by atoms with Crippen molar-refractivity contribution in [1.29, 1.82) is 0 Å². The molecule has 0 aromatic heterocycles. The third kappa shape index (κ3) is 39.5. The molecule has 308 valence electrons. The quantitative estimate of drug-likeness (QED) is 0.0153. The molecule has 0 fully saturated rings. The predicted octanol–water partition coefficient (Wildman–Crippen LogP) is 10.9. The molecule has 0 aliphatic carbocycles. The number of phosphoric ester groups is 1. The molecule has 0 bridgehead atoms. The van der Waals surface area contributed by atoms with Crippen LogP contribution in [0.5, 0.6) is 0 Å². The van der Waals surface area contributed by atoms with Gasteiger partial charge in [-0.05, 0) is 57.8 Å². The molecule has 2 atom stereocenters. The molecule has 2 unspecified atom stereocenters. The molecule has 0 rings (SSSR count). The second kappa shape index (κ2) is 35.7. The van der Waals surface area contributed by atoms with Crippen LogP contribution < -0.4 is 4.89 Å². The lowest BCUT2D eigenvalue weighted by molar-refractivity contribution is -0.870. The average molecular weight is 768 g/mol. The van der Waals surface area contributed by atoms with Crippen molar-refractivity contribution in [1.82, 2.24) is 0 Å². The zero-order chi connectivity index (χ0) is 39.3. The molecule has 0 N–H and O–H groups in total. The number of carbonyl (C=O) groups excluding carboxylic acids is 2. The Hall–Kier alpha value is -2.03. The summed E-state index contributed by atoms with van der Waals surface area (Å²) in [4.78, 5) is 37.4. The van der Waals surface area contributed by atoms with E-state index >= 15 is 0 Å². The topological polar surface area (TPSA) is 111 Å². The van der Waals surface area contributed by atoms with Crippen molar-refractivity contribution in [2.45, 2.75) is 168 Å². The van der Waals surface area contributed by atoms with Gasteiger partial charge in [0.05, 0.1) is 27.7 Å². The minimum Gasteiger partial charge on any atom is -0.756 e. The largest absolute Gasteiger partial charge is 0.756 e. The first kappa shape index (κ1) is 51.0. The van der Waals surface area contributed by atoms with E-state index in [4.69, 9.17) is 18.5 Å². The van der Waals surface area contributed by atoms with E-state index < -0.39 is 32.5 Å². The number of quaternary nitrogens is 1. The normalized spacial score (nSPS) is 14.2. The van der Waals surface area contributed by atoms with Crippen molar-refractivity contribution < 1.29 is 42.1 Å². The van der Waals surface area contributed by atoms with E-state index in [0.29, 0.717) is 23.9 Å². The zero-order valence-electron chi connectivity index (χ0n) is 34.4. The van der Waals surface area contributed by atoms with Crippen LogP contribution in [0.4, 0.5) is 0 Å². The third-order valence-electron chi connectivity index (χ3n) is 8.64. The van der Waals surface area contributed by atoms with E-state index in [2.05, 4.69) is 44.2 Å². The molecule has 0 amide bonds. The van der Waals surface area contributed by atoms with Crippen LogP contribution in [-0.2, 0) is 32.7 Å². The van der Waals surface area contributed by atoms with E-state index in [9.17, 15) is 19.0 Å². The summed E-state index contributed by atoms with van der Waals surface area (Å²) in [6.45, 7) is 4.04. The van der Waals surface area contributed by atoms with Gasteiger partial charge in [-0.25, -0.2) is 0 Å². The van der Waals surface area contributed by atoms with E-state index in [1.807, 2.05) is 39.4 Å². The van der Waals surface area contributed by atoms with Crippen LogP contribution in [-0.4, -0.2) is 70.0 Å². The molecule has 9 nitrogen and oxygen atoms in total. The Morgan fingerprint density at radius 2 is 1.09 bits per heavy atom. The summed E-state index contributed by atoms with van der Waals surface area (Å²) in [7, 11) is 1.14. The van der Waals surface area contributed by atoms with Crippen molar-refractivity contribution in [2.75, 3.05) is 47.5 Å². The van der Waals surface area contributed by atoms with Gasteiger partial charge in [0, 0.05) is 12.8 Å². The van der Waals surface area contributed by atoms with Gasteiger partial charge in [0.15, 0.2) is 6.10 Å². The number of rotatable bonds is 37. The van der Waals surface area contributed by atoms with Crippen LogP contribution in [0.15, 0.2) is 48.6 Å². The highest BCUT2D eigenvalue weighted by atomic mass is 31.2. The first-order valence-electron chi connectivity index (χ1n) is 20.9. The maximum Gasteiger partial charge on any atom is 0.306 e. The van der Waals surface area contributed by atoms with Crippen LogP contribution in [0.25, 0.3) is 0 Å². The lowest BCUT2D eigenvalue weighted by Crippen LogP contribution is -2.37. The van der Waals surface area contributed by atoms with Gasteiger partial charge in [0.2, 0.25) is 0 Å². The smallest absolute Gasteiger partial charge is 0.306 e. The Bertz CT molecular complexity index is 1050. The number of hydrogen-bond donors (Lipinski definition) is 0. The second-order valence-corrected chi connectivity index (χ2v) is 16.4. The molecular weight excluding hydrogens is 689 g/mol. The molecule has 0 radical (unpaired) electrons. The van der Waals surface area contributed by atoms with Gasteiger partial charge in [-0.3, -0.25) is 14.2 Å². The highest BCUT2D eigenvalue weighted by Crippen LogP contribution is 2.38. The molecule has 0 aromatic rings. The maximum absolute atomic E-state index is 12.6. The summed E-state index contributed by atoms with van der Waals surface area (Å²) in [6.07, 6.45) is 39.9. The first-order valence-corrected chi connectivity index (χ1v) is 22.3. The van der Waals surface area contributed by atoms with Crippen LogP contribution in [0.3, 0.4) is 0 Å². The van der Waals surface area contributed by atoms with Crippen LogP contribution in [0.2, 0.25) is 0 Å². The summed E-state index contributed by atoms with van der Waals surface area (Å²) in [5.74, 6) is -0.871. The highest BCUT2D eigenvalue weighted by Gasteiger charge is 2.21. The van der Waals surface area contributed by atoms with Gasteiger partial charge in [-0.1, -0.05) is 140 Å². The monoisotopic (exact) mass is 768 g/mol. The van der Waals surface area contributed by atoms with E-state index in [0.717, 1.165) is 70.6 Å². The summed E-state index contributed by atoms with van der Waals surface area (Å²) >= 11 is 0. The molecule has 0 spiro atoms. The Labute approximate surface area is 324 Å². The second-order valence-electron chi connectivity index (χ2n) is 15.0. The fourth-order valence-corrected chi connectivity index (χ4v) is 6.08. The molecule has 0 aromatic carbocycles. The number of nitrogens with zero attached hydrogens (tertiary/aromatic N) is 1. The van der Waals surface area contributed by atoms with E-state index in [1.54, 1.807) is 0 Å². The number of allylic oxidation sites excluding steroid dienone is 8. The molecule has 53 heavy (non-hydrogen) atoms. The molecule has 0 heterocycles. The van der Waals surface area contributed by atoms with Gasteiger partial charge in [-0.2, -0.15) is 0 Å². The third-order valence-corrected chi connectivity index (χ3v) is 9.61. The molecule has 0 aliphatic heterocycles. The summed E-state index contributed by atoms with van der Waals surface area (Å²) in [6, 6.07) is 0. The Balaban J connectivity index is 4.42. The molecule has 0 saturated heterocycles. The Morgan fingerprint density at radius 1 is 0.604 bits per heavy atom. The van der Waals surface area contributed by atoms with E-state index in [-0.39, 0.29) is 26.1 Å². The molecule has 0 saturated carbocycles. The standard InChI is InChI=1S/C43H78NO8P/c1-6-8-10-12-14-16-18-20-21-22-24-25-27-29-31-33-35-42(45)49-39-41(40-51-53(47,48)50-38-37-44(3,4)5)52-43(46)36-34-32-30-28-26-23-19-17-15-13-11-9-7-2/h9,11,13,15,17,19,21-22,41H,6-8,10,12,14,16,18,20,23-40H2,1-5H3/b11-9+,15-13+,19-17+,22-21+. The van der Waals surface area contributed by atoms with Gasteiger partial charge >= 0.3 is 11.9 Å². The van der Waals surface area contributed by atoms with Crippen molar-refractivity contribution in [2.24, 2.45) is 0 Å². The van der Waals surface area contributed by atoms with Crippen molar-refractivity contribution in [3.63, 3.8) is 0 Å². The lowest BCUT2D eigenvalue weighted by Gasteiger charge is -2.28. The predicted molar refractivity (Wildman–Crippen MR) is 217 cm³/mol. The average Bonchev–Trinajstić information content (AvgIpc) is 3.10. The van der Waals surface area contributed by atoms with Crippen LogP contribution in [0.1, 0.15) is 162 Å². The SMILES string of the molecule is CC/C=C/C=C/C=C/CCCCCCCC(=O)OC(COC(=O)CCCCCCC/C=C/CCCCCCCCC)COP(=O)([O-])OCC[N+](C)(C)C. The van der Waals surface area contributed by atoms with Gasteiger partial charge in [0.1, 0.15) is 19.8 Å².